The molecule has 0 spiro atoms. The smallest absolute Gasteiger partial charge is 0.257 e. The van der Waals surface area contributed by atoms with Crippen molar-refractivity contribution in [1.29, 1.82) is 0 Å². The Morgan fingerprint density at radius 1 is 1.04 bits per heavy atom. The van der Waals surface area contributed by atoms with Crippen molar-refractivity contribution in [3.05, 3.63) is 81.9 Å². The Kier molecular flexibility index (Phi) is 4.80. The Morgan fingerprint density at radius 3 is 2.41 bits per heavy atom. The maximum Gasteiger partial charge on any atom is 0.257 e. The van der Waals surface area contributed by atoms with E-state index in [2.05, 4.69) is 12.1 Å². The minimum Gasteiger partial charge on any atom is -0.507 e. The third kappa shape index (κ3) is 3.39. The van der Waals surface area contributed by atoms with E-state index in [1.54, 1.807) is 12.1 Å². The minimum atomic E-state index is 0.0429. The molecule has 0 radical (unpaired) electrons. The fourth-order valence-electron chi connectivity index (χ4n) is 3.79. The van der Waals surface area contributed by atoms with Crippen LogP contribution >= 0.6 is 0 Å². The topological polar surface area (TPSA) is 55.1 Å². The number of phenols is 1. The predicted octanol–water partition coefficient (Wildman–Crippen LogP) is 4.43. The molecule has 4 nitrogen and oxygen atoms in total. The lowest BCUT2D eigenvalue weighted by Gasteiger charge is -2.30. The second-order valence-corrected chi connectivity index (χ2v) is 7.25. The molecule has 0 aliphatic heterocycles. The number of aryl methyl sites for hydroxylation is 2. The van der Waals surface area contributed by atoms with Crippen molar-refractivity contribution in [3.8, 4) is 17.0 Å². The van der Waals surface area contributed by atoms with Crippen LogP contribution in [0.25, 0.3) is 11.3 Å². The predicted molar refractivity (Wildman–Crippen MR) is 107 cm³/mol. The largest absolute Gasteiger partial charge is 0.507 e. The van der Waals surface area contributed by atoms with E-state index in [9.17, 15) is 9.90 Å². The molecule has 4 heteroatoms. The second kappa shape index (κ2) is 7.39. The van der Waals surface area contributed by atoms with Crippen molar-refractivity contribution in [2.45, 2.75) is 45.1 Å². The van der Waals surface area contributed by atoms with Crippen LogP contribution in [0.4, 0.5) is 0 Å². The van der Waals surface area contributed by atoms with Crippen molar-refractivity contribution in [2.24, 2.45) is 0 Å². The molecule has 27 heavy (non-hydrogen) atoms. The Labute approximate surface area is 159 Å². The highest BCUT2D eigenvalue weighted by Gasteiger charge is 2.26. The van der Waals surface area contributed by atoms with Gasteiger partial charge in [0.15, 0.2) is 0 Å². The average Bonchev–Trinajstić information content (AvgIpc) is 2.64. The van der Waals surface area contributed by atoms with Gasteiger partial charge in [-0.15, -0.1) is 0 Å². The molecule has 0 amide bonds. The number of phenolic OH excluding ortho intramolecular Hbond substituents is 1. The number of rotatable bonds is 5. The zero-order valence-corrected chi connectivity index (χ0v) is 15.6. The van der Waals surface area contributed by atoms with Crippen molar-refractivity contribution in [3.63, 3.8) is 0 Å². The van der Waals surface area contributed by atoms with Crippen LogP contribution in [0.15, 0.2) is 59.4 Å². The molecule has 1 aliphatic carbocycles. The number of nitrogens with zero attached hydrogens (tertiary/aromatic N) is 2. The molecule has 138 valence electrons. The molecule has 1 fully saturated rings. The van der Waals surface area contributed by atoms with Crippen LogP contribution in [0, 0.1) is 6.92 Å². The summed E-state index contributed by atoms with van der Waals surface area (Å²) in [7, 11) is 0. The van der Waals surface area contributed by atoms with E-state index in [1.807, 2.05) is 41.8 Å². The highest BCUT2D eigenvalue weighted by molar-refractivity contribution is 5.69. The molecular weight excluding hydrogens is 336 g/mol. The Hall–Kier alpha value is -2.88. The highest BCUT2D eigenvalue weighted by Crippen LogP contribution is 2.33. The fourth-order valence-corrected chi connectivity index (χ4v) is 3.79. The summed E-state index contributed by atoms with van der Waals surface area (Å²) in [4.78, 5) is 18.2. The molecule has 4 rings (SSSR count). The molecule has 1 N–H and O–H groups in total. The normalized spacial score (nSPS) is 14.1. The van der Waals surface area contributed by atoms with E-state index in [1.165, 1.54) is 5.56 Å². The first-order chi connectivity index (χ1) is 13.1. The first-order valence-corrected chi connectivity index (χ1v) is 9.59. The number of hydrogen-bond donors (Lipinski definition) is 1. The zero-order chi connectivity index (χ0) is 18.8. The van der Waals surface area contributed by atoms with E-state index in [0.717, 1.165) is 31.5 Å². The van der Waals surface area contributed by atoms with E-state index in [-0.39, 0.29) is 17.4 Å². The van der Waals surface area contributed by atoms with Gasteiger partial charge in [-0.1, -0.05) is 42.5 Å². The van der Waals surface area contributed by atoms with E-state index < -0.39 is 0 Å². The van der Waals surface area contributed by atoms with Gasteiger partial charge in [0.2, 0.25) is 0 Å². The monoisotopic (exact) mass is 360 g/mol. The molecule has 0 bridgehead atoms. The summed E-state index contributed by atoms with van der Waals surface area (Å²) in [6.07, 6.45) is 4.61. The number of aromatic hydroxyl groups is 1. The van der Waals surface area contributed by atoms with Gasteiger partial charge in [-0.05, 0) is 56.7 Å². The van der Waals surface area contributed by atoms with E-state index in [0.29, 0.717) is 23.2 Å². The number of benzene rings is 2. The minimum absolute atomic E-state index is 0.0429. The standard InChI is InChI=1S/C23H24N2O2/c1-16-24-22(19-12-5-6-13-21(19)26)20(15-14-17-8-3-2-4-9-17)23(27)25(16)18-10-7-11-18/h2-6,8-9,12-13,18,26H,7,10-11,14-15H2,1H3. The summed E-state index contributed by atoms with van der Waals surface area (Å²) in [5.74, 6) is 0.887. The Bertz CT molecular complexity index is 1000. The van der Waals surface area contributed by atoms with Gasteiger partial charge in [0.05, 0.1) is 5.69 Å². The van der Waals surface area contributed by atoms with Crippen LogP contribution in [-0.4, -0.2) is 14.7 Å². The Morgan fingerprint density at radius 2 is 1.74 bits per heavy atom. The van der Waals surface area contributed by atoms with Gasteiger partial charge in [0.1, 0.15) is 11.6 Å². The third-order valence-corrected chi connectivity index (χ3v) is 5.49. The second-order valence-electron chi connectivity index (χ2n) is 7.25. The lowest BCUT2D eigenvalue weighted by Crippen LogP contribution is -2.34. The van der Waals surface area contributed by atoms with E-state index in [4.69, 9.17) is 4.98 Å². The maximum atomic E-state index is 13.4. The van der Waals surface area contributed by atoms with Crippen molar-refractivity contribution in [1.82, 2.24) is 9.55 Å². The Balaban J connectivity index is 1.82. The van der Waals surface area contributed by atoms with Crippen LogP contribution in [0.1, 0.15) is 42.3 Å². The van der Waals surface area contributed by atoms with Crippen LogP contribution in [0.3, 0.4) is 0 Å². The summed E-state index contributed by atoms with van der Waals surface area (Å²) < 4.78 is 1.87. The van der Waals surface area contributed by atoms with Gasteiger partial charge in [-0.2, -0.15) is 0 Å². The van der Waals surface area contributed by atoms with Crippen molar-refractivity contribution < 1.29 is 5.11 Å². The summed E-state index contributed by atoms with van der Waals surface area (Å²) >= 11 is 0. The molecule has 2 aromatic carbocycles. The maximum absolute atomic E-state index is 13.4. The quantitative estimate of drug-likeness (QED) is 0.732. The molecule has 0 atom stereocenters. The zero-order valence-electron chi connectivity index (χ0n) is 15.6. The summed E-state index contributed by atoms with van der Waals surface area (Å²) in [6, 6.07) is 17.6. The first-order valence-electron chi connectivity index (χ1n) is 9.59. The fraction of sp³-hybridized carbons (Fsp3) is 0.304. The summed E-state index contributed by atoms with van der Waals surface area (Å²) in [5.41, 5.74) is 3.17. The average molecular weight is 360 g/mol. The lowest BCUT2D eigenvalue weighted by molar-refractivity contribution is 0.297. The first kappa shape index (κ1) is 17.5. The van der Waals surface area contributed by atoms with Gasteiger partial charge in [0.25, 0.3) is 5.56 Å². The van der Waals surface area contributed by atoms with E-state index >= 15 is 0 Å². The summed E-state index contributed by atoms with van der Waals surface area (Å²) in [5, 5.41) is 10.3. The highest BCUT2D eigenvalue weighted by atomic mass is 16.3. The molecule has 1 aromatic heterocycles. The molecule has 1 aliphatic rings. The van der Waals surface area contributed by atoms with Crippen molar-refractivity contribution >= 4 is 0 Å². The molecule has 3 aromatic rings. The number of para-hydroxylation sites is 1. The molecule has 1 saturated carbocycles. The van der Waals surface area contributed by atoms with Gasteiger partial charge in [-0.25, -0.2) is 4.98 Å². The summed E-state index contributed by atoms with van der Waals surface area (Å²) in [6.45, 7) is 1.89. The van der Waals surface area contributed by atoms with Gasteiger partial charge < -0.3 is 5.11 Å². The molecule has 1 heterocycles. The molecule has 0 saturated heterocycles. The SMILES string of the molecule is Cc1nc(-c2ccccc2O)c(CCc2ccccc2)c(=O)n1C1CCC1. The van der Waals surface area contributed by atoms with Crippen LogP contribution < -0.4 is 5.56 Å². The van der Waals surface area contributed by atoms with Crippen LogP contribution in [0.2, 0.25) is 0 Å². The van der Waals surface area contributed by atoms with Gasteiger partial charge in [0, 0.05) is 17.2 Å². The number of aromatic nitrogens is 2. The van der Waals surface area contributed by atoms with Gasteiger partial charge >= 0.3 is 0 Å². The third-order valence-electron chi connectivity index (χ3n) is 5.49. The molecule has 0 unspecified atom stereocenters. The van der Waals surface area contributed by atoms with Crippen LogP contribution in [-0.2, 0) is 12.8 Å². The van der Waals surface area contributed by atoms with Gasteiger partial charge in [-0.3, -0.25) is 9.36 Å². The molecular formula is C23H24N2O2. The van der Waals surface area contributed by atoms with Crippen molar-refractivity contribution in [2.75, 3.05) is 0 Å². The van der Waals surface area contributed by atoms with Crippen LogP contribution in [0.5, 0.6) is 5.75 Å². The number of hydrogen-bond acceptors (Lipinski definition) is 3. The lowest BCUT2D eigenvalue weighted by atomic mass is 9.92.